The standard InChI is InChI=1S/C16H16F2N8O2/c17-16(18)3-5-23(9-16)10-6-24(7-10)14(28)11-8-26(22-20-11)15-19-13(27)12-2-1-4-25(12)21-15/h1-2,4,8,10H,3,5-7,9H2,(H,19,21,27). The lowest BCUT2D eigenvalue weighted by Crippen LogP contribution is -2.60. The van der Waals surface area contributed by atoms with Gasteiger partial charge < -0.3 is 4.90 Å². The second-order valence-electron chi connectivity index (χ2n) is 7.10. The van der Waals surface area contributed by atoms with Gasteiger partial charge in [-0.3, -0.25) is 19.5 Å². The predicted molar refractivity (Wildman–Crippen MR) is 91.6 cm³/mol. The maximum Gasteiger partial charge on any atom is 0.276 e. The van der Waals surface area contributed by atoms with Crippen molar-refractivity contribution in [1.82, 2.24) is 39.4 Å². The lowest BCUT2D eigenvalue weighted by Gasteiger charge is -2.43. The number of likely N-dealkylation sites (tertiary alicyclic amines) is 2. The molecule has 5 heterocycles. The number of fused-ring (bicyclic) bond motifs is 1. The topological polar surface area (TPSA) is 104 Å². The van der Waals surface area contributed by atoms with E-state index in [1.54, 1.807) is 28.1 Å². The van der Waals surface area contributed by atoms with E-state index in [9.17, 15) is 18.4 Å². The summed E-state index contributed by atoms with van der Waals surface area (Å²) in [5, 5.41) is 11.9. The third-order valence-electron chi connectivity index (χ3n) is 5.18. The number of halogens is 2. The van der Waals surface area contributed by atoms with Gasteiger partial charge in [-0.05, 0) is 12.1 Å². The van der Waals surface area contributed by atoms with Gasteiger partial charge in [-0.25, -0.2) is 13.3 Å². The van der Waals surface area contributed by atoms with E-state index >= 15 is 0 Å². The molecule has 0 saturated carbocycles. The van der Waals surface area contributed by atoms with Gasteiger partial charge >= 0.3 is 0 Å². The third-order valence-corrected chi connectivity index (χ3v) is 5.18. The average molecular weight is 390 g/mol. The fourth-order valence-corrected chi connectivity index (χ4v) is 3.59. The van der Waals surface area contributed by atoms with E-state index in [1.807, 2.05) is 0 Å². The van der Waals surface area contributed by atoms with Gasteiger partial charge in [-0.1, -0.05) is 5.21 Å². The zero-order chi connectivity index (χ0) is 19.5. The summed E-state index contributed by atoms with van der Waals surface area (Å²) in [5.74, 6) is -2.85. The third kappa shape index (κ3) is 2.76. The summed E-state index contributed by atoms with van der Waals surface area (Å²) in [6.45, 7) is 0.853. The number of amides is 1. The van der Waals surface area contributed by atoms with Gasteiger partial charge in [0.15, 0.2) is 5.69 Å². The molecule has 2 fully saturated rings. The van der Waals surface area contributed by atoms with Crippen molar-refractivity contribution in [2.45, 2.75) is 18.4 Å². The van der Waals surface area contributed by atoms with Crippen LogP contribution in [0.1, 0.15) is 16.9 Å². The molecule has 0 atom stereocenters. The Morgan fingerprint density at radius 2 is 2.14 bits per heavy atom. The van der Waals surface area contributed by atoms with Crippen molar-refractivity contribution in [1.29, 1.82) is 0 Å². The molecule has 5 rings (SSSR count). The molecule has 0 unspecified atom stereocenters. The molecule has 0 aromatic carbocycles. The quantitative estimate of drug-likeness (QED) is 0.663. The SMILES string of the molecule is O=C(c1cn(-c2nn3cccc3c(=O)[nH]2)nn1)N1CC(N2CCC(F)(F)C2)C1. The molecule has 0 bridgehead atoms. The zero-order valence-electron chi connectivity index (χ0n) is 14.6. The summed E-state index contributed by atoms with van der Waals surface area (Å²) in [6, 6.07) is 3.26. The molecule has 2 aliphatic rings. The normalized spacial score (nSPS) is 20.0. The van der Waals surface area contributed by atoms with Gasteiger partial charge in [0.1, 0.15) is 5.52 Å². The van der Waals surface area contributed by atoms with Crippen LogP contribution in [-0.2, 0) is 0 Å². The maximum atomic E-state index is 13.3. The Balaban J connectivity index is 1.29. The maximum absolute atomic E-state index is 13.3. The van der Waals surface area contributed by atoms with Gasteiger partial charge in [-0.15, -0.1) is 10.2 Å². The molecule has 12 heteroatoms. The molecule has 0 spiro atoms. The van der Waals surface area contributed by atoms with E-state index in [2.05, 4.69) is 20.4 Å². The van der Waals surface area contributed by atoms with Crippen LogP contribution in [-0.4, -0.2) is 83.4 Å². The first-order chi connectivity index (χ1) is 13.4. The monoisotopic (exact) mass is 390 g/mol. The summed E-state index contributed by atoms with van der Waals surface area (Å²) >= 11 is 0. The Morgan fingerprint density at radius 1 is 1.32 bits per heavy atom. The zero-order valence-corrected chi connectivity index (χ0v) is 14.6. The first-order valence-corrected chi connectivity index (χ1v) is 8.81. The van der Waals surface area contributed by atoms with Gasteiger partial charge in [-0.2, -0.15) is 4.68 Å². The van der Waals surface area contributed by atoms with E-state index in [0.717, 1.165) is 0 Å². The molecule has 2 aliphatic heterocycles. The summed E-state index contributed by atoms with van der Waals surface area (Å²) in [5.41, 5.74) is 0.145. The number of nitrogens with zero attached hydrogens (tertiary/aromatic N) is 7. The number of hydrogen-bond acceptors (Lipinski definition) is 6. The molecule has 1 amide bonds. The van der Waals surface area contributed by atoms with Crippen molar-refractivity contribution in [3.63, 3.8) is 0 Å². The van der Waals surface area contributed by atoms with Crippen LogP contribution >= 0.6 is 0 Å². The van der Waals surface area contributed by atoms with Crippen LogP contribution in [0.4, 0.5) is 8.78 Å². The number of alkyl halides is 2. The molecule has 10 nitrogen and oxygen atoms in total. The lowest BCUT2D eigenvalue weighted by atomic mass is 10.1. The minimum Gasteiger partial charge on any atom is -0.334 e. The molecule has 3 aromatic rings. The van der Waals surface area contributed by atoms with E-state index < -0.39 is 5.92 Å². The van der Waals surface area contributed by atoms with Gasteiger partial charge in [0.05, 0.1) is 12.7 Å². The smallest absolute Gasteiger partial charge is 0.276 e. The second kappa shape index (κ2) is 5.92. The highest BCUT2D eigenvalue weighted by atomic mass is 19.3. The summed E-state index contributed by atoms with van der Waals surface area (Å²) < 4.78 is 29.3. The first-order valence-electron chi connectivity index (χ1n) is 8.81. The Morgan fingerprint density at radius 3 is 2.89 bits per heavy atom. The summed E-state index contributed by atoms with van der Waals surface area (Å²) in [7, 11) is 0. The predicted octanol–water partition coefficient (Wildman–Crippen LogP) is -0.231. The molecule has 146 valence electrons. The van der Waals surface area contributed by atoms with Crippen LogP contribution in [0.15, 0.2) is 29.3 Å². The molecular formula is C16H16F2N8O2. The van der Waals surface area contributed by atoms with Crippen LogP contribution in [0.25, 0.3) is 11.5 Å². The van der Waals surface area contributed by atoms with E-state index in [4.69, 9.17) is 0 Å². The highest BCUT2D eigenvalue weighted by Gasteiger charge is 2.45. The minimum absolute atomic E-state index is 0.0541. The van der Waals surface area contributed by atoms with Crippen molar-refractivity contribution >= 4 is 11.4 Å². The molecule has 0 aliphatic carbocycles. The molecular weight excluding hydrogens is 374 g/mol. The van der Waals surface area contributed by atoms with Gasteiger partial charge in [0, 0.05) is 38.3 Å². The number of rotatable bonds is 3. The van der Waals surface area contributed by atoms with Crippen LogP contribution in [0, 0.1) is 0 Å². The number of aromatic nitrogens is 6. The van der Waals surface area contributed by atoms with Crippen LogP contribution in [0.2, 0.25) is 0 Å². The molecule has 28 heavy (non-hydrogen) atoms. The van der Waals surface area contributed by atoms with Crippen molar-refractivity contribution in [2.75, 3.05) is 26.2 Å². The Labute approximate surface area is 156 Å². The highest BCUT2D eigenvalue weighted by Crippen LogP contribution is 2.30. The van der Waals surface area contributed by atoms with Gasteiger partial charge in [0.25, 0.3) is 23.3 Å². The van der Waals surface area contributed by atoms with Crippen molar-refractivity contribution in [3.05, 3.63) is 40.6 Å². The van der Waals surface area contributed by atoms with Crippen molar-refractivity contribution < 1.29 is 13.6 Å². The number of carbonyl (C=O) groups excluding carboxylic acids is 1. The van der Waals surface area contributed by atoms with Crippen molar-refractivity contribution in [2.24, 2.45) is 0 Å². The Hall–Kier alpha value is -3.15. The van der Waals surface area contributed by atoms with E-state index in [-0.39, 0.29) is 42.1 Å². The number of hydrogen-bond donors (Lipinski definition) is 1. The lowest BCUT2D eigenvalue weighted by molar-refractivity contribution is -0.00884. The Bertz CT molecular complexity index is 1110. The second-order valence-corrected chi connectivity index (χ2v) is 7.10. The first kappa shape index (κ1) is 17.0. The van der Waals surface area contributed by atoms with Crippen LogP contribution in [0.5, 0.6) is 0 Å². The molecule has 0 radical (unpaired) electrons. The van der Waals surface area contributed by atoms with Crippen LogP contribution in [0.3, 0.4) is 0 Å². The minimum atomic E-state index is -2.64. The number of nitrogens with one attached hydrogen (secondary N) is 1. The van der Waals surface area contributed by atoms with E-state index in [1.165, 1.54) is 15.4 Å². The molecule has 1 N–H and O–H groups in total. The molecule has 3 aromatic heterocycles. The fourth-order valence-electron chi connectivity index (χ4n) is 3.59. The largest absolute Gasteiger partial charge is 0.334 e. The van der Waals surface area contributed by atoms with Crippen LogP contribution < -0.4 is 5.56 Å². The highest BCUT2D eigenvalue weighted by molar-refractivity contribution is 5.92. The fraction of sp³-hybridized carbons (Fsp3) is 0.438. The van der Waals surface area contributed by atoms with E-state index in [0.29, 0.717) is 25.2 Å². The number of carbonyl (C=O) groups is 1. The summed E-state index contributed by atoms with van der Waals surface area (Å²) in [4.78, 5) is 30.4. The number of H-pyrrole nitrogens is 1. The number of aromatic amines is 1. The summed E-state index contributed by atoms with van der Waals surface area (Å²) in [6.07, 6.45) is 2.87. The average Bonchev–Trinajstić information content (AvgIpc) is 3.32. The Kier molecular flexibility index (Phi) is 3.59. The van der Waals surface area contributed by atoms with Gasteiger partial charge in [0.2, 0.25) is 0 Å². The molecule has 2 saturated heterocycles. The van der Waals surface area contributed by atoms with Crippen molar-refractivity contribution in [3.8, 4) is 5.95 Å².